The highest BCUT2D eigenvalue weighted by Gasteiger charge is 2.26. The number of rotatable bonds is 3. The molecule has 4 N–H and O–H groups in total. The van der Waals surface area contributed by atoms with Gasteiger partial charge in [0.05, 0.1) is 23.1 Å². The molecule has 4 unspecified atom stereocenters. The summed E-state index contributed by atoms with van der Waals surface area (Å²) in [5.41, 5.74) is 11.3. The molecule has 0 aliphatic heterocycles. The third-order valence-corrected chi connectivity index (χ3v) is 8.08. The molecule has 0 amide bonds. The van der Waals surface area contributed by atoms with E-state index in [1.54, 1.807) is 22.6 Å². The zero-order valence-corrected chi connectivity index (χ0v) is 27.3. The van der Waals surface area contributed by atoms with Gasteiger partial charge in [0.2, 0.25) is 0 Å². The molecule has 2 aliphatic rings. The standard InChI is InChI=1S/C30H32IN7O2.C3H8/c1-29(31)14-6-9-20(15-22(39)18-29)37-33-25-12-4-10-23(27(25)35-37)24-11-5-13-26-28(24)36-38(34-26)21-8-3-7-19(32)16-30(2,40)17-21;1-3-2/h3-6,8-14,17,19,22,39-40H,7,15-16,18,32H2,1-2H3;3H2,1-2H3/b8-3-,14-6-,20-9+,21-17+;. The van der Waals surface area contributed by atoms with E-state index in [1.807, 2.05) is 60.7 Å². The molecule has 10 heteroatoms. The maximum absolute atomic E-state index is 10.9. The highest BCUT2D eigenvalue weighted by Crippen LogP contribution is 2.34. The molecule has 9 nitrogen and oxygen atoms in total. The van der Waals surface area contributed by atoms with Crippen LogP contribution in [0.5, 0.6) is 0 Å². The van der Waals surface area contributed by atoms with Gasteiger partial charge in [-0.05, 0) is 63.5 Å². The summed E-state index contributed by atoms with van der Waals surface area (Å²) in [4.78, 5) is 3.20. The Morgan fingerprint density at radius 1 is 0.953 bits per heavy atom. The summed E-state index contributed by atoms with van der Waals surface area (Å²) in [5.74, 6) is 0. The number of nitrogens with zero attached hydrogens (tertiary/aromatic N) is 6. The van der Waals surface area contributed by atoms with E-state index in [2.05, 4.69) is 49.4 Å². The van der Waals surface area contributed by atoms with Crippen molar-refractivity contribution in [2.24, 2.45) is 5.73 Å². The predicted octanol–water partition coefficient (Wildman–Crippen LogP) is 6.27. The summed E-state index contributed by atoms with van der Waals surface area (Å²) in [5, 5.41) is 40.8. The van der Waals surface area contributed by atoms with Crippen LogP contribution in [0.1, 0.15) is 59.8 Å². The molecule has 0 radical (unpaired) electrons. The number of allylic oxidation sites excluding steroid dienone is 5. The smallest absolute Gasteiger partial charge is 0.121 e. The average Bonchev–Trinajstić information content (AvgIpc) is 3.54. The lowest BCUT2D eigenvalue weighted by molar-refractivity contribution is 0.0938. The molecule has 2 heterocycles. The fraction of sp³-hybridized carbons (Fsp3) is 0.394. The number of hydrogen-bond donors (Lipinski definition) is 3. The lowest BCUT2D eigenvalue weighted by Crippen LogP contribution is -2.33. The van der Waals surface area contributed by atoms with E-state index in [-0.39, 0.29) is 9.46 Å². The Morgan fingerprint density at radius 2 is 1.56 bits per heavy atom. The number of nitrogens with two attached hydrogens (primary N) is 1. The normalized spacial score (nSPS) is 30.0. The largest absolute Gasteiger partial charge is 0.393 e. The Kier molecular flexibility index (Phi) is 9.31. The molecule has 226 valence electrons. The van der Waals surface area contributed by atoms with Crippen LogP contribution in [0.2, 0.25) is 0 Å². The SMILES string of the molecule is CC1(I)/C=C\C=C(\n2nc3cccc(-c4cccc5nn(C6=C/C(C)(O)CC(N)C/C=C\6)nc45)c3n2)CC(O)C1.CCC. The van der Waals surface area contributed by atoms with Crippen LogP contribution in [-0.2, 0) is 0 Å². The number of aliphatic hydroxyl groups excluding tert-OH is 1. The van der Waals surface area contributed by atoms with E-state index in [1.165, 1.54) is 6.42 Å². The molecule has 0 fully saturated rings. The van der Waals surface area contributed by atoms with Crippen molar-refractivity contribution in [3.63, 3.8) is 0 Å². The van der Waals surface area contributed by atoms with Crippen molar-refractivity contribution >= 4 is 56.1 Å². The van der Waals surface area contributed by atoms with Gasteiger partial charge in [0.25, 0.3) is 0 Å². The molecule has 43 heavy (non-hydrogen) atoms. The molecular formula is C33H40IN7O2. The molecule has 2 aromatic carbocycles. The lowest BCUT2D eigenvalue weighted by atomic mass is 9.92. The van der Waals surface area contributed by atoms with Gasteiger partial charge < -0.3 is 15.9 Å². The van der Waals surface area contributed by atoms with Gasteiger partial charge in [-0.15, -0.1) is 20.4 Å². The third kappa shape index (κ3) is 7.31. The molecule has 6 rings (SSSR count). The topological polar surface area (TPSA) is 128 Å². The Balaban J connectivity index is 0.00000118. The second-order valence-electron chi connectivity index (χ2n) is 11.9. The van der Waals surface area contributed by atoms with Crippen LogP contribution >= 0.6 is 22.6 Å². The lowest BCUT2D eigenvalue weighted by Gasteiger charge is -2.25. The fourth-order valence-electron chi connectivity index (χ4n) is 5.50. The first kappa shape index (κ1) is 31.2. The molecular weight excluding hydrogens is 653 g/mol. The van der Waals surface area contributed by atoms with Crippen LogP contribution in [0.4, 0.5) is 0 Å². The van der Waals surface area contributed by atoms with Crippen molar-refractivity contribution in [1.29, 1.82) is 0 Å². The van der Waals surface area contributed by atoms with Crippen molar-refractivity contribution in [2.75, 3.05) is 0 Å². The van der Waals surface area contributed by atoms with Gasteiger partial charge in [0.15, 0.2) is 0 Å². The van der Waals surface area contributed by atoms with Crippen LogP contribution in [0.3, 0.4) is 0 Å². The van der Waals surface area contributed by atoms with Crippen LogP contribution in [-0.4, -0.2) is 61.4 Å². The molecule has 2 aliphatic carbocycles. The Hall–Kier alpha value is -3.19. The maximum atomic E-state index is 10.9. The third-order valence-electron chi connectivity index (χ3n) is 7.28. The van der Waals surface area contributed by atoms with Gasteiger partial charge in [0, 0.05) is 27.0 Å². The van der Waals surface area contributed by atoms with E-state index in [4.69, 9.17) is 26.1 Å². The Labute approximate surface area is 266 Å². The first-order valence-electron chi connectivity index (χ1n) is 14.8. The summed E-state index contributed by atoms with van der Waals surface area (Å²) in [6.45, 7) is 8.11. The summed E-state index contributed by atoms with van der Waals surface area (Å²) < 4.78 is -0.102. The van der Waals surface area contributed by atoms with Crippen molar-refractivity contribution in [1.82, 2.24) is 30.0 Å². The Bertz CT molecular complexity index is 1730. The minimum absolute atomic E-state index is 0.102. The van der Waals surface area contributed by atoms with Crippen molar-refractivity contribution < 1.29 is 10.2 Å². The monoisotopic (exact) mass is 693 g/mol. The number of aliphatic hydroxyl groups is 2. The Morgan fingerprint density at radius 3 is 2.21 bits per heavy atom. The van der Waals surface area contributed by atoms with Gasteiger partial charge in [-0.2, -0.15) is 9.59 Å². The summed E-state index contributed by atoms with van der Waals surface area (Å²) in [7, 11) is 0. The van der Waals surface area contributed by atoms with Crippen LogP contribution < -0.4 is 5.73 Å². The van der Waals surface area contributed by atoms with Gasteiger partial charge >= 0.3 is 0 Å². The molecule has 0 saturated heterocycles. The van der Waals surface area contributed by atoms with Gasteiger partial charge in [-0.3, -0.25) is 0 Å². The summed E-state index contributed by atoms with van der Waals surface area (Å²) in [6, 6.07) is 11.7. The molecule has 2 aromatic heterocycles. The van der Waals surface area contributed by atoms with Crippen LogP contribution in [0.25, 0.3) is 44.6 Å². The quantitative estimate of drug-likeness (QED) is 0.170. The molecule has 4 aromatic rings. The highest BCUT2D eigenvalue weighted by atomic mass is 127. The van der Waals surface area contributed by atoms with Crippen molar-refractivity contribution in [2.45, 2.75) is 81.0 Å². The zero-order valence-electron chi connectivity index (χ0n) is 25.2. The van der Waals surface area contributed by atoms with E-state index in [0.29, 0.717) is 31.4 Å². The minimum Gasteiger partial charge on any atom is -0.393 e. The first-order valence-corrected chi connectivity index (χ1v) is 15.9. The average molecular weight is 694 g/mol. The molecule has 0 bridgehead atoms. The highest BCUT2D eigenvalue weighted by molar-refractivity contribution is 14.1. The molecule has 0 saturated carbocycles. The van der Waals surface area contributed by atoms with E-state index in [0.717, 1.165) is 38.9 Å². The first-order chi connectivity index (χ1) is 20.5. The second kappa shape index (κ2) is 12.8. The van der Waals surface area contributed by atoms with E-state index in [9.17, 15) is 10.2 Å². The predicted molar refractivity (Wildman–Crippen MR) is 182 cm³/mol. The summed E-state index contributed by atoms with van der Waals surface area (Å²) >= 11 is 2.37. The zero-order chi connectivity index (χ0) is 30.8. The van der Waals surface area contributed by atoms with Crippen LogP contribution in [0.15, 0.2) is 72.9 Å². The second-order valence-corrected chi connectivity index (χ2v) is 14.4. The van der Waals surface area contributed by atoms with Gasteiger partial charge in [-0.1, -0.05) is 85.4 Å². The number of hydrogen-bond acceptors (Lipinski definition) is 7. The van der Waals surface area contributed by atoms with Crippen molar-refractivity contribution in [3.05, 3.63) is 72.9 Å². The maximum Gasteiger partial charge on any atom is 0.121 e. The van der Waals surface area contributed by atoms with E-state index < -0.39 is 11.7 Å². The molecule has 0 spiro atoms. The summed E-state index contributed by atoms with van der Waals surface area (Å²) in [6.07, 6.45) is 14.7. The number of halogens is 1. The number of alkyl halides is 1. The van der Waals surface area contributed by atoms with E-state index >= 15 is 0 Å². The van der Waals surface area contributed by atoms with Crippen molar-refractivity contribution in [3.8, 4) is 11.1 Å². The van der Waals surface area contributed by atoms with Gasteiger partial charge in [-0.25, -0.2) is 0 Å². The molecule has 4 atom stereocenters. The van der Waals surface area contributed by atoms with Crippen LogP contribution in [0, 0.1) is 0 Å². The number of fused-ring (bicyclic) bond motifs is 2. The number of benzene rings is 2. The van der Waals surface area contributed by atoms with Gasteiger partial charge in [0.1, 0.15) is 22.1 Å². The minimum atomic E-state index is -1.07. The fourth-order valence-corrected chi connectivity index (χ4v) is 6.21. The number of aromatic nitrogens is 6.